The molecular formula is C14H19NO2. The van der Waals surface area contributed by atoms with Gasteiger partial charge in [0.05, 0.1) is 0 Å². The molecule has 3 nitrogen and oxygen atoms in total. The van der Waals surface area contributed by atoms with E-state index in [-0.39, 0.29) is 0 Å². The molecule has 92 valence electrons. The van der Waals surface area contributed by atoms with Gasteiger partial charge in [0.25, 0.3) is 0 Å². The number of carboxylic acids is 1. The van der Waals surface area contributed by atoms with E-state index in [0.29, 0.717) is 6.04 Å². The molecule has 0 radical (unpaired) electrons. The molecule has 0 aromatic heterocycles. The average Bonchev–Trinajstić information content (AvgIpc) is 2.28. The van der Waals surface area contributed by atoms with Crippen LogP contribution in [0, 0.1) is 0 Å². The van der Waals surface area contributed by atoms with E-state index >= 15 is 0 Å². The van der Waals surface area contributed by atoms with Crippen molar-refractivity contribution in [3.8, 4) is 0 Å². The minimum absolute atomic E-state index is 0.310. The first-order valence-electron chi connectivity index (χ1n) is 5.72. The molecule has 0 amide bonds. The summed E-state index contributed by atoms with van der Waals surface area (Å²) in [6, 6.07) is 8.22. The summed E-state index contributed by atoms with van der Waals surface area (Å²) < 4.78 is 0. The molecule has 17 heavy (non-hydrogen) atoms. The van der Waals surface area contributed by atoms with Crippen molar-refractivity contribution in [2.45, 2.75) is 19.4 Å². The fraction of sp³-hybridized carbons (Fsp3) is 0.357. The molecule has 0 saturated carbocycles. The molecule has 0 spiro atoms. The fourth-order valence-electron chi connectivity index (χ4n) is 1.99. The molecule has 1 aromatic rings. The van der Waals surface area contributed by atoms with Gasteiger partial charge in [-0.1, -0.05) is 31.2 Å². The predicted molar refractivity (Wildman–Crippen MR) is 69.8 cm³/mol. The first-order chi connectivity index (χ1) is 8.06. The van der Waals surface area contributed by atoms with Crippen LogP contribution in [0.1, 0.15) is 30.5 Å². The maximum atomic E-state index is 10.6. The van der Waals surface area contributed by atoms with E-state index in [0.717, 1.165) is 17.5 Å². The zero-order chi connectivity index (χ0) is 12.8. The Kier molecular flexibility index (Phi) is 4.91. The quantitative estimate of drug-likeness (QED) is 0.795. The van der Waals surface area contributed by atoms with E-state index in [1.54, 1.807) is 6.08 Å². The van der Waals surface area contributed by atoms with Crippen LogP contribution < -0.4 is 0 Å². The Bertz CT molecular complexity index is 410. The standard InChI is InChI=1S/C14H19NO2/c1-4-13(15(2)3)12-8-6-5-7-11(12)9-10-14(16)17/h5-10,13H,4H2,1-3H3,(H,16,17)/b10-9+. The monoisotopic (exact) mass is 233 g/mol. The van der Waals surface area contributed by atoms with E-state index in [1.807, 2.05) is 32.3 Å². The second-order valence-corrected chi connectivity index (χ2v) is 4.19. The van der Waals surface area contributed by atoms with Gasteiger partial charge < -0.3 is 10.0 Å². The Balaban J connectivity index is 3.10. The van der Waals surface area contributed by atoms with Gasteiger partial charge in [0.1, 0.15) is 0 Å². The summed E-state index contributed by atoms with van der Waals surface area (Å²) >= 11 is 0. The maximum Gasteiger partial charge on any atom is 0.328 e. The van der Waals surface area contributed by atoms with Crippen LogP contribution in [0.25, 0.3) is 6.08 Å². The SMILES string of the molecule is CCC(c1ccccc1/C=C/C(=O)O)N(C)C. The molecular weight excluding hydrogens is 214 g/mol. The third kappa shape index (κ3) is 3.71. The Hall–Kier alpha value is -1.61. The highest BCUT2D eigenvalue weighted by Gasteiger charge is 2.13. The molecule has 0 saturated heterocycles. The number of aliphatic carboxylic acids is 1. The van der Waals surface area contributed by atoms with E-state index in [4.69, 9.17) is 5.11 Å². The van der Waals surface area contributed by atoms with Gasteiger partial charge in [-0.15, -0.1) is 0 Å². The normalized spacial score (nSPS) is 13.2. The van der Waals surface area contributed by atoms with Crippen molar-refractivity contribution in [1.29, 1.82) is 0 Å². The first kappa shape index (κ1) is 13.5. The smallest absolute Gasteiger partial charge is 0.328 e. The molecule has 0 aliphatic carbocycles. The molecule has 1 atom stereocenters. The zero-order valence-electron chi connectivity index (χ0n) is 10.6. The van der Waals surface area contributed by atoms with Gasteiger partial charge in [-0.2, -0.15) is 0 Å². The van der Waals surface area contributed by atoms with Gasteiger partial charge in [0.15, 0.2) is 0 Å². The van der Waals surface area contributed by atoms with Gasteiger partial charge in [0.2, 0.25) is 0 Å². The molecule has 0 heterocycles. The van der Waals surface area contributed by atoms with Crippen LogP contribution in [0.5, 0.6) is 0 Å². The number of nitrogens with zero attached hydrogens (tertiary/aromatic N) is 1. The van der Waals surface area contributed by atoms with Crippen molar-refractivity contribution in [3.05, 3.63) is 41.5 Å². The van der Waals surface area contributed by atoms with Crippen molar-refractivity contribution < 1.29 is 9.90 Å². The van der Waals surface area contributed by atoms with Crippen LogP contribution in [-0.2, 0) is 4.79 Å². The van der Waals surface area contributed by atoms with Crippen LogP contribution in [0.15, 0.2) is 30.3 Å². The molecule has 1 N–H and O–H groups in total. The number of benzene rings is 1. The third-order valence-electron chi connectivity index (χ3n) is 2.77. The second-order valence-electron chi connectivity index (χ2n) is 4.19. The van der Waals surface area contributed by atoms with Crippen LogP contribution in [0.2, 0.25) is 0 Å². The summed E-state index contributed by atoms with van der Waals surface area (Å²) in [4.78, 5) is 12.7. The summed E-state index contributed by atoms with van der Waals surface area (Å²) in [6.07, 6.45) is 3.83. The maximum absolute atomic E-state index is 10.6. The third-order valence-corrected chi connectivity index (χ3v) is 2.77. The van der Waals surface area contributed by atoms with Gasteiger partial charge >= 0.3 is 5.97 Å². The predicted octanol–water partition coefficient (Wildman–Crippen LogP) is 2.80. The minimum Gasteiger partial charge on any atom is -0.478 e. The Labute approximate surface area is 102 Å². The molecule has 1 aromatic carbocycles. The van der Waals surface area contributed by atoms with Crippen LogP contribution in [0.3, 0.4) is 0 Å². The van der Waals surface area contributed by atoms with Crippen molar-refractivity contribution in [2.24, 2.45) is 0 Å². The molecule has 1 unspecified atom stereocenters. The number of carbonyl (C=O) groups is 1. The lowest BCUT2D eigenvalue weighted by Crippen LogP contribution is -2.19. The highest BCUT2D eigenvalue weighted by molar-refractivity contribution is 5.85. The topological polar surface area (TPSA) is 40.5 Å². The fourth-order valence-corrected chi connectivity index (χ4v) is 1.99. The Morgan fingerprint density at radius 1 is 1.41 bits per heavy atom. The number of carboxylic acid groups (broad SMARTS) is 1. The average molecular weight is 233 g/mol. The van der Waals surface area contributed by atoms with E-state index in [1.165, 1.54) is 6.08 Å². The van der Waals surface area contributed by atoms with Crippen molar-refractivity contribution >= 4 is 12.0 Å². The summed E-state index contributed by atoms with van der Waals surface area (Å²) in [5.41, 5.74) is 2.13. The molecule has 3 heteroatoms. The van der Waals surface area contributed by atoms with Crippen molar-refractivity contribution in [1.82, 2.24) is 4.90 Å². The lowest BCUT2D eigenvalue weighted by Gasteiger charge is -2.24. The number of hydrogen-bond donors (Lipinski definition) is 1. The molecule has 0 fully saturated rings. The molecule has 1 rings (SSSR count). The Morgan fingerprint density at radius 3 is 2.59 bits per heavy atom. The lowest BCUT2D eigenvalue weighted by atomic mass is 9.97. The van der Waals surface area contributed by atoms with Crippen molar-refractivity contribution in [3.63, 3.8) is 0 Å². The lowest BCUT2D eigenvalue weighted by molar-refractivity contribution is -0.131. The Morgan fingerprint density at radius 2 is 2.06 bits per heavy atom. The van der Waals surface area contributed by atoms with E-state index in [9.17, 15) is 4.79 Å². The number of rotatable bonds is 5. The van der Waals surface area contributed by atoms with Gasteiger partial charge in [-0.05, 0) is 37.7 Å². The van der Waals surface area contributed by atoms with Crippen molar-refractivity contribution in [2.75, 3.05) is 14.1 Å². The summed E-state index contributed by atoms with van der Waals surface area (Å²) in [5.74, 6) is -0.919. The summed E-state index contributed by atoms with van der Waals surface area (Å²) in [6.45, 7) is 2.13. The summed E-state index contributed by atoms with van der Waals surface area (Å²) in [5, 5.41) is 8.67. The highest BCUT2D eigenvalue weighted by atomic mass is 16.4. The highest BCUT2D eigenvalue weighted by Crippen LogP contribution is 2.25. The largest absolute Gasteiger partial charge is 0.478 e. The van der Waals surface area contributed by atoms with Crippen LogP contribution >= 0.6 is 0 Å². The van der Waals surface area contributed by atoms with E-state index < -0.39 is 5.97 Å². The van der Waals surface area contributed by atoms with E-state index in [2.05, 4.69) is 17.9 Å². The van der Waals surface area contributed by atoms with Crippen LogP contribution in [0.4, 0.5) is 0 Å². The van der Waals surface area contributed by atoms with Crippen LogP contribution in [-0.4, -0.2) is 30.1 Å². The first-order valence-corrected chi connectivity index (χ1v) is 5.72. The molecule has 0 aliphatic heterocycles. The van der Waals surface area contributed by atoms with Gasteiger partial charge in [0, 0.05) is 12.1 Å². The number of hydrogen-bond acceptors (Lipinski definition) is 2. The second kappa shape index (κ2) is 6.21. The zero-order valence-corrected chi connectivity index (χ0v) is 10.6. The van der Waals surface area contributed by atoms with Gasteiger partial charge in [-0.25, -0.2) is 4.79 Å². The summed E-state index contributed by atoms with van der Waals surface area (Å²) in [7, 11) is 4.07. The molecule has 0 aliphatic rings. The van der Waals surface area contributed by atoms with Gasteiger partial charge in [-0.3, -0.25) is 0 Å². The minimum atomic E-state index is -0.919. The molecule has 0 bridgehead atoms.